The van der Waals surface area contributed by atoms with Gasteiger partial charge in [-0.2, -0.15) is 0 Å². The minimum Gasteiger partial charge on any atom is -0.508 e. The second-order valence-corrected chi connectivity index (χ2v) is 10.3. The molecule has 3 heterocycles. The fraction of sp³-hybridized carbons (Fsp3) is 0.444. The maximum atomic E-state index is 12.2. The molecule has 2 saturated heterocycles. The minimum atomic E-state index is 0.0726. The van der Waals surface area contributed by atoms with Crippen LogP contribution < -0.4 is 5.32 Å². The van der Waals surface area contributed by atoms with Gasteiger partial charge in [-0.15, -0.1) is 5.10 Å². The van der Waals surface area contributed by atoms with Gasteiger partial charge in [0.15, 0.2) is 0 Å². The first kappa shape index (κ1) is 24.4. The second-order valence-electron chi connectivity index (χ2n) is 9.58. The van der Waals surface area contributed by atoms with Crippen LogP contribution in [0.25, 0.3) is 10.4 Å². The summed E-state index contributed by atoms with van der Waals surface area (Å²) in [6.07, 6.45) is 3.54. The minimum absolute atomic E-state index is 0.0726. The Kier molecular flexibility index (Phi) is 8.29. The predicted octanol–water partition coefficient (Wildman–Crippen LogP) is 5.18. The smallest absolute Gasteiger partial charge is 0.253 e. The Labute approximate surface area is 206 Å². The molecule has 2 N–H and O–H groups in total. The lowest BCUT2D eigenvalue weighted by Gasteiger charge is -2.35. The molecule has 0 aliphatic carbocycles. The average molecular weight is 479 g/mol. The molecular weight excluding hydrogens is 444 g/mol. The van der Waals surface area contributed by atoms with E-state index in [1.165, 1.54) is 46.9 Å². The molecule has 7 heteroatoms. The number of rotatable bonds is 3. The van der Waals surface area contributed by atoms with Crippen LogP contribution in [0.4, 0.5) is 0 Å². The van der Waals surface area contributed by atoms with Gasteiger partial charge in [0, 0.05) is 24.6 Å². The number of aromatic nitrogens is 2. The highest BCUT2D eigenvalue weighted by molar-refractivity contribution is 7.09. The number of hydrogen-bond acceptors (Lipinski definition) is 6. The van der Waals surface area contributed by atoms with Gasteiger partial charge in [-0.3, -0.25) is 4.79 Å². The number of hydrogen-bond donors (Lipinski definition) is 2. The second kappa shape index (κ2) is 11.6. The van der Waals surface area contributed by atoms with E-state index in [0.717, 1.165) is 26.2 Å². The summed E-state index contributed by atoms with van der Waals surface area (Å²) in [7, 11) is 0. The van der Waals surface area contributed by atoms with Crippen LogP contribution in [0, 0.1) is 11.8 Å². The van der Waals surface area contributed by atoms with Crippen molar-refractivity contribution in [1.82, 2.24) is 19.8 Å². The Morgan fingerprint density at radius 3 is 2.29 bits per heavy atom. The van der Waals surface area contributed by atoms with Crippen molar-refractivity contribution in [2.75, 3.05) is 26.2 Å². The average Bonchev–Trinajstić information content (AvgIpc) is 3.35. The number of aromatic hydroxyl groups is 1. The van der Waals surface area contributed by atoms with Crippen molar-refractivity contribution in [2.45, 2.75) is 39.0 Å². The van der Waals surface area contributed by atoms with E-state index >= 15 is 0 Å². The first-order valence-electron chi connectivity index (χ1n) is 12.2. The fourth-order valence-electron chi connectivity index (χ4n) is 4.97. The highest BCUT2D eigenvalue weighted by Gasteiger charge is 2.26. The lowest BCUT2D eigenvalue weighted by Crippen LogP contribution is -2.42. The largest absolute Gasteiger partial charge is 0.508 e. The number of benzene rings is 2. The molecule has 2 aliphatic rings. The zero-order valence-corrected chi connectivity index (χ0v) is 20.8. The van der Waals surface area contributed by atoms with Gasteiger partial charge in [-0.1, -0.05) is 48.7 Å². The van der Waals surface area contributed by atoms with E-state index in [0.29, 0.717) is 23.3 Å². The number of likely N-dealkylation sites (tertiary alicyclic amines) is 1. The number of carbonyl (C=O) groups is 1. The molecular formula is C27H34N4O2S. The molecule has 0 spiro atoms. The van der Waals surface area contributed by atoms with E-state index in [2.05, 4.69) is 53.0 Å². The summed E-state index contributed by atoms with van der Waals surface area (Å²) in [5, 5.41) is 17.0. The van der Waals surface area contributed by atoms with Crippen LogP contribution in [0.5, 0.6) is 5.75 Å². The van der Waals surface area contributed by atoms with E-state index in [1.807, 2.05) is 11.0 Å². The van der Waals surface area contributed by atoms with E-state index in [9.17, 15) is 9.90 Å². The molecule has 180 valence electrons. The molecule has 34 heavy (non-hydrogen) atoms. The van der Waals surface area contributed by atoms with Crippen LogP contribution in [0.2, 0.25) is 0 Å². The van der Waals surface area contributed by atoms with Crippen molar-refractivity contribution in [3.05, 3.63) is 65.9 Å². The lowest BCUT2D eigenvalue weighted by molar-refractivity contribution is 0.0623. The SMILES string of the molecule is CC1CC(C)CN(C(=O)c2ccc(O)cc2)C1.c1ccc(-c2snnc2C2CCNCC2)cc1. The van der Waals surface area contributed by atoms with Gasteiger partial charge in [0.05, 0.1) is 10.6 Å². The molecule has 2 aliphatic heterocycles. The van der Waals surface area contributed by atoms with Gasteiger partial charge in [0.25, 0.3) is 5.91 Å². The molecule has 6 nitrogen and oxygen atoms in total. The Bertz CT molecular complexity index is 1040. The highest BCUT2D eigenvalue weighted by Crippen LogP contribution is 2.34. The number of amides is 1. The molecule has 2 aromatic carbocycles. The van der Waals surface area contributed by atoms with Crippen LogP contribution in [-0.2, 0) is 0 Å². The van der Waals surface area contributed by atoms with Crippen LogP contribution in [-0.4, -0.2) is 51.7 Å². The molecule has 5 rings (SSSR count). The van der Waals surface area contributed by atoms with Crippen molar-refractivity contribution < 1.29 is 9.90 Å². The molecule has 3 aromatic rings. The van der Waals surface area contributed by atoms with Crippen LogP contribution in [0.3, 0.4) is 0 Å². The van der Waals surface area contributed by atoms with Crippen molar-refractivity contribution in [1.29, 1.82) is 0 Å². The van der Waals surface area contributed by atoms with Crippen LogP contribution in [0.15, 0.2) is 54.6 Å². The quantitative estimate of drug-likeness (QED) is 0.542. The zero-order valence-electron chi connectivity index (χ0n) is 20.0. The van der Waals surface area contributed by atoms with E-state index in [1.54, 1.807) is 24.3 Å². The molecule has 1 aromatic heterocycles. The third kappa shape index (κ3) is 6.21. The Hall–Kier alpha value is -2.77. The molecule has 2 atom stereocenters. The molecule has 0 bridgehead atoms. The first-order chi connectivity index (χ1) is 16.5. The van der Waals surface area contributed by atoms with Gasteiger partial charge in [-0.05, 0) is 85.5 Å². The summed E-state index contributed by atoms with van der Waals surface area (Å²) in [6.45, 7) is 8.24. The summed E-state index contributed by atoms with van der Waals surface area (Å²) >= 11 is 1.51. The van der Waals surface area contributed by atoms with E-state index in [-0.39, 0.29) is 11.7 Å². The zero-order chi connectivity index (χ0) is 23.9. The van der Waals surface area contributed by atoms with E-state index in [4.69, 9.17) is 0 Å². The maximum Gasteiger partial charge on any atom is 0.253 e. The number of phenolic OH excluding ortho intramolecular Hbond substituents is 1. The third-order valence-electron chi connectivity index (χ3n) is 6.55. The normalized spacial score (nSPS) is 20.9. The standard InChI is InChI=1S/C14H19NO2.C13H15N3S/c1-10-7-11(2)9-15(8-10)14(17)12-3-5-13(16)6-4-12;1-2-4-11(5-3-1)13-12(15-16-17-13)10-6-8-14-9-7-10/h3-6,10-11,16H,7-9H2,1-2H3;1-5,10,14H,6-9H2. The topological polar surface area (TPSA) is 78.4 Å². The van der Waals surface area contributed by atoms with Crippen molar-refractivity contribution in [3.8, 4) is 16.2 Å². The summed E-state index contributed by atoms with van der Waals surface area (Å²) < 4.78 is 4.14. The number of nitrogens with zero attached hydrogens (tertiary/aromatic N) is 3. The van der Waals surface area contributed by atoms with Crippen molar-refractivity contribution in [2.24, 2.45) is 11.8 Å². The molecule has 1 amide bonds. The molecule has 2 unspecified atom stereocenters. The maximum absolute atomic E-state index is 12.2. The van der Waals surface area contributed by atoms with Gasteiger partial charge in [0.1, 0.15) is 5.75 Å². The highest BCUT2D eigenvalue weighted by atomic mass is 32.1. The number of piperidine rings is 2. The van der Waals surface area contributed by atoms with E-state index < -0.39 is 0 Å². The van der Waals surface area contributed by atoms with Crippen LogP contribution in [0.1, 0.15) is 55.1 Å². The Morgan fingerprint density at radius 1 is 1.00 bits per heavy atom. The molecule has 2 fully saturated rings. The molecule has 0 saturated carbocycles. The first-order valence-corrected chi connectivity index (χ1v) is 12.9. The summed E-state index contributed by atoms with van der Waals surface area (Å²) in [6, 6.07) is 16.9. The Morgan fingerprint density at radius 2 is 1.65 bits per heavy atom. The monoisotopic (exact) mass is 478 g/mol. The summed E-state index contributed by atoms with van der Waals surface area (Å²) in [5.74, 6) is 1.98. The predicted molar refractivity (Wildman–Crippen MR) is 137 cm³/mol. The van der Waals surface area contributed by atoms with Gasteiger partial charge >= 0.3 is 0 Å². The number of phenols is 1. The van der Waals surface area contributed by atoms with Gasteiger partial charge in [-0.25, -0.2) is 0 Å². The van der Waals surface area contributed by atoms with Crippen LogP contribution >= 0.6 is 11.5 Å². The number of carbonyl (C=O) groups excluding carboxylic acids is 1. The number of nitrogens with one attached hydrogen (secondary N) is 1. The fourth-order valence-corrected chi connectivity index (χ4v) is 5.72. The van der Waals surface area contributed by atoms with Crippen molar-refractivity contribution >= 4 is 17.4 Å². The molecule has 0 radical (unpaired) electrons. The summed E-state index contributed by atoms with van der Waals surface area (Å²) in [5.41, 5.74) is 3.10. The third-order valence-corrected chi connectivity index (χ3v) is 7.34. The lowest BCUT2D eigenvalue weighted by atomic mass is 9.91. The van der Waals surface area contributed by atoms with Gasteiger partial charge < -0.3 is 15.3 Å². The Balaban J connectivity index is 0.000000161. The summed E-state index contributed by atoms with van der Waals surface area (Å²) in [4.78, 5) is 15.4. The van der Waals surface area contributed by atoms with Gasteiger partial charge in [0.2, 0.25) is 0 Å². The van der Waals surface area contributed by atoms with Crippen molar-refractivity contribution in [3.63, 3.8) is 0 Å².